The summed E-state index contributed by atoms with van der Waals surface area (Å²) in [7, 11) is 0. The maximum absolute atomic E-state index is 9.99. The molecule has 0 fully saturated rings. The Bertz CT molecular complexity index is 519. The van der Waals surface area contributed by atoms with Crippen LogP contribution in [0, 0.1) is 0 Å². The lowest BCUT2D eigenvalue weighted by Gasteiger charge is -2.13. The molecular formula is C13H14BrN3O. The number of rotatable bonds is 4. The lowest BCUT2D eigenvalue weighted by molar-refractivity contribution is 0.191. The van der Waals surface area contributed by atoms with Crippen LogP contribution in [0.4, 0.5) is 11.5 Å². The van der Waals surface area contributed by atoms with Gasteiger partial charge in [-0.2, -0.15) is 0 Å². The first-order valence-electron chi connectivity index (χ1n) is 5.54. The Hall–Kier alpha value is -1.59. The second-order valence-corrected chi connectivity index (χ2v) is 4.81. The largest absolute Gasteiger partial charge is 0.396 e. The lowest BCUT2D eigenvalue weighted by Crippen LogP contribution is -2.14. The molecule has 1 aromatic carbocycles. The first-order valence-corrected chi connectivity index (χ1v) is 6.34. The fourth-order valence-corrected chi connectivity index (χ4v) is 1.94. The van der Waals surface area contributed by atoms with Gasteiger partial charge in [0.2, 0.25) is 0 Å². The molecule has 1 heterocycles. The molecule has 4 N–H and O–H groups in total. The van der Waals surface area contributed by atoms with Gasteiger partial charge in [-0.05, 0) is 27.6 Å². The van der Waals surface area contributed by atoms with Gasteiger partial charge in [-0.3, -0.25) is 0 Å². The van der Waals surface area contributed by atoms with Crippen LogP contribution in [0.2, 0.25) is 0 Å². The number of pyridine rings is 1. The molecule has 0 saturated heterocycles. The van der Waals surface area contributed by atoms with Crippen LogP contribution >= 0.6 is 15.9 Å². The Labute approximate surface area is 114 Å². The number of hydrogen-bond acceptors (Lipinski definition) is 4. The van der Waals surface area contributed by atoms with Gasteiger partial charge in [0.15, 0.2) is 0 Å². The summed E-state index contributed by atoms with van der Waals surface area (Å²) in [6, 6.07) is 11.2. The Morgan fingerprint density at radius 1 is 1.33 bits per heavy atom. The fourth-order valence-electron chi connectivity index (χ4n) is 1.59. The number of nitrogen functional groups attached to an aromatic ring is 1. The zero-order valence-electron chi connectivity index (χ0n) is 9.68. The minimum absolute atomic E-state index is 0.364. The zero-order chi connectivity index (χ0) is 13.0. The van der Waals surface area contributed by atoms with Crippen LogP contribution in [0.3, 0.4) is 0 Å². The molecule has 4 nitrogen and oxygen atoms in total. The van der Waals surface area contributed by atoms with E-state index in [0.29, 0.717) is 18.1 Å². The van der Waals surface area contributed by atoms with Gasteiger partial charge >= 0.3 is 0 Å². The number of nitrogens with zero attached hydrogens (tertiary/aromatic N) is 1. The first-order chi connectivity index (χ1) is 8.66. The molecule has 2 rings (SSSR count). The summed E-state index contributed by atoms with van der Waals surface area (Å²) in [4.78, 5) is 4.15. The van der Waals surface area contributed by atoms with E-state index in [9.17, 15) is 5.11 Å². The highest BCUT2D eigenvalue weighted by molar-refractivity contribution is 9.10. The molecule has 0 amide bonds. The zero-order valence-corrected chi connectivity index (χ0v) is 11.3. The predicted molar refractivity (Wildman–Crippen MR) is 76.2 cm³/mol. The molecule has 1 unspecified atom stereocenters. The van der Waals surface area contributed by atoms with Crippen molar-refractivity contribution in [3.8, 4) is 0 Å². The topological polar surface area (TPSA) is 71.2 Å². The Kier molecular flexibility index (Phi) is 4.17. The van der Waals surface area contributed by atoms with Crippen molar-refractivity contribution in [3.05, 3.63) is 52.6 Å². The highest BCUT2D eigenvalue weighted by Gasteiger charge is 2.08. The molecular weight excluding hydrogens is 294 g/mol. The third-order valence-corrected chi connectivity index (χ3v) is 2.96. The summed E-state index contributed by atoms with van der Waals surface area (Å²) in [5.74, 6) is 0.577. The molecule has 0 radical (unpaired) electrons. The third-order valence-electron chi connectivity index (χ3n) is 2.53. The molecule has 0 aliphatic heterocycles. The molecule has 1 aromatic heterocycles. The minimum atomic E-state index is -0.587. The van der Waals surface area contributed by atoms with E-state index < -0.39 is 6.10 Å². The molecule has 5 heteroatoms. The van der Waals surface area contributed by atoms with Gasteiger partial charge in [-0.15, -0.1) is 0 Å². The molecule has 94 valence electrons. The number of aliphatic hydroxyl groups excluding tert-OH is 1. The third kappa shape index (κ3) is 3.21. The van der Waals surface area contributed by atoms with E-state index in [1.807, 2.05) is 30.3 Å². The molecule has 0 spiro atoms. The molecule has 0 aliphatic carbocycles. The lowest BCUT2D eigenvalue weighted by atomic mass is 10.1. The summed E-state index contributed by atoms with van der Waals surface area (Å²) in [6.07, 6.45) is 1.07. The SMILES string of the molecule is Nc1cc(Br)cnc1NCC(O)c1ccccc1. The van der Waals surface area contributed by atoms with Crippen LogP contribution in [0.5, 0.6) is 0 Å². The van der Waals surface area contributed by atoms with Crippen molar-refractivity contribution < 1.29 is 5.11 Å². The van der Waals surface area contributed by atoms with Gasteiger partial charge in [-0.25, -0.2) is 4.98 Å². The maximum Gasteiger partial charge on any atom is 0.149 e. The average Bonchev–Trinajstić information content (AvgIpc) is 2.38. The van der Waals surface area contributed by atoms with Crippen molar-refractivity contribution >= 4 is 27.4 Å². The van der Waals surface area contributed by atoms with Gasteiger partial charge in [0, 0.05) is 17.2 Å². The van der Waals surface area contributed by atoms with Crippen molar-refractivity contribution in [3.63, 3.8) is 0 Å². The molecule has 18 heavy (non-hydrogen) atoms. The van der Waals surface area contributed by atoms with Crippen molar-refractivity contribution in [1.82, 2.24) is 4.98 Å². The molecule has 0 aliphatic rings. The van der Waals surface area contributed by atoms with Gasteiger partial charge in [-0.1, -0.05) is 30.3 Å². The first kappa shape index (κ1) is 12.9. The highest BCUT2D eigenvalue weighted by atomic mass is 79.9. The van der Waals surface area contributed by atoms with E-state index in [2.05, 4.69) is 26.2 Å². The van der Waals surface area contributed by atoms with Crippen LogP contribution in [-0.2, 0) is 0 Å². The standard InChI is InChI=1S/C13H14BrN3O/c14-10-6-11(15)13(16-7-10)17-8-12(18)9-4-2-1-3-5-9/h1-7,12,18H,8,15H2,(H,16,17). The molecule has 2 aromatic rings. The minimum Gasteiger partial charge on any atom is -0.396 e. The van der Waals surface area contributed by atoms with Crippen LogP contribution in [0.1, 0.15) is 11.7 Å². The molecule has 0 saturated carbocycles. The van der Waals surface area contributed by atoms with Crippen LogP contribution < -0.4 is 11.1 Å². The van der Waals surface area contributed by atoms with Gasteiger partial charge in [0.25, 0.3) is 0 Å². The second kappa shape index (κ2) is 5.84. The van der Waals surface area contributed by atoms with E-state index in [1.54, 1.807) is 12.3 Å². The highest BCUT2D eigenvalue weighted by Crippen LogP contribution is 2.21. The van der Waals surface area contributed by atoms with Crippen LogP contribution in [-0.4, -0.2) is 16.6 Å². The number of aliphatic hydroxyl groups is 1. The summed E-state index contributed by atoms with van der Waals surface area (Å²) >= 11 is 3.29. The number of nitrogens with one attached hydrogen (secondary N) is 1. The number of halogens is 1. The monoisotopic (exact) mass is 307 g/mol. The number of benzene rings is 1. The summed E-state index contributed by atoms with van der Waals surface area (Å²) in [5, 5.41) is 13.0. The number of nitrogens with two attached hydrogens (primary N) is 1. The van der Waals surface area contributed by atoms with Crippen molar-refractivity contribution in [2.24, 2.45) is 0 Å². The quantitative estimate of drug-likeness (QED) is 0.812. The Morgan fingerprint density at radius 2 is 2.06 bits per heavy atom. The summed E-state index contributed by atoms with van der Waals surface area (Å²) in [5.41, 5.74) is 7.22. The molecule has 0 bridgehead atoms. The number of anilines is 2. The van der Waals surface area contributed by atoms with Crippen LogP contribution in [0.15, 0.2) is 47.1 Å². The smallest absolute Gasteiger partial charge is 0.149 e. The Balaban J connectivity index is 1.99. The van der Waals surface area contributed by atoms with Gasteiger partial charge in [0.1, 0.15) is 5.82 Å². The normalized spacial score (nSPS) is 12.1. The van der Waals surface area contributed by atoms with E-state index in [-0.39, 0.29) is 0 Å². The van der Waals surface area contributed by atoms with Gasteiger partial charge in [0.05, 0.1) is 11.8 Å². The summed E-state index contributed by atoms with van der Waals surface area (Å²) in [6.45, 7) is 0.364. The van der Waals surface area contributed by atoms with E-state index in [4.69, 9.17) is 5.73 Å². The van der Waals surface area contributed by atoms with E-state index in [1.165, 1.54) is 0 Å². The predicted octanol–water partition coefficient (Wildman–Crippen LogP) is 2.57. The van der Waals surface area contributed by atoms with E-state index >= 15 is 0 Å². The van der Waals surface area contributed by atoms with Crippen LogP contribution in [0.25, 0.3) is 0 Å². The van der Waals surface area contributed by atoms with Crippen molar-refractivity contribution in [1.29, 1.82) is 0 Å². The Morgan fingerprint density at radius 3 is 2.72 bits per heavy atom. The average molecular weight is 308 g/mol. The molecule has 1 atom stereocenters. The van der Waals surface area contributed by atoms with Crippen molar-refractivity contribution in [2.45, 2.75) is 6.10 Å². The fraction of sp³-hybridized carbons (Fsp3) is 0.154. The van der Waals surface area contributed by atoms with E-state index in [0.717, 1.165) is 10.0 Å². The van der Waals surface area contributed by atoms with Gasteiger partial charge < -0.3 is 16.2 Å². The van der Waals surface area contributed by atoms with Crippen molar-refractivity contribution in [2.75, 3.05) is 17.6 Å². The summed E-state index contributed by atoms with van der Waals surface area (Å²) < 4.78 is 0.828. The number of hydrogen-bond donors (Lipinski definition) is 3. The number of aromatic nitrogens is 1. The second-order valence-electron chi connectivity index (χ2n) is 3.90. The maximum atomic E-state index is 9.99.